The van der Waals surface area contributed by atoms with E-state index in [2.05, 4.69) is 35.6 Å². The molecule has 0 aliphatic carbocycles. The molecule has 0 radical (unpaired) electrons. The van der Waals surface area contributed by atoms with Gasteiger partial charge in [-0.3, -0.25) is 0 Å². The van der Waals surface area contributed by atoms with Gasteiger partial charge in [0, 0.05) is 12.0 Å². The van der Waals surface area contributed by atoms with Crippen molar-refractivity contribution in [3.8, 4) is 0 Å². The van der Waals surface area contributed by atoms with Gasteiger partial charge in [0.05, 0.1) is 6.54 Å². The van der Waals surface area contributed by atoms with Gasteiger partial charge in [-0.25, -0.2) is 0 Å². The molecule has 0 spiro atoms. The molecule has 0 bridgehead atoms. The minimum Gasteiger partial charge on any atom is -0.340 e. The SMILES string of the molecule is c1ccc([C@H]2CCCCC[NH2+]2)cc1. The van der Waals surface area contributed by atoms with E-state index in [1.54, 1.807) is 0 Å². The summed E-state index contributed by atoms with van der Waals surface area (Å²) in [5.41, 5.74) is 1.50. The van der Waals surface area contributed by atoms with E-state index in [4.69, 9.17) is 0 Å². The van der Waals surface area contributed by atoms with E-state index in [1.165, 1.54) is 37.8 Å². The molecule has 1 atom stereocenters. The third-order valence-corrected chi connectivity index (χ3v) is 2.90. The summed E-state index contributed by atoms with van der Waals surface area (Å²) in [6.07, 6.45) is 5.56. The van der Waals surface area contributed by atoms with Crippen molar-refractivity contribution in [1.82, 2.24) is 0 Å². The quantitative estimate of drug-likeness (QED) is 0.672. The molecule has 1 heterocycles. The molecule has 1 aliphatic heterocycles. The van der Waals surface area contributed by atoms with Gasteiger partial charge in [0.1, 0.15) is 6.04 Å². The zero-order valence-electron chi connectivity index (χ0n) is 8.08. The lowest BCUT2D eigenvalue weighted by molar-refractivity contribution is -0.694. The number of quaternary nitrogens is 1. The summed E-state index contributed by atoms with van der Waals surface area (Å²) in [4.78, 5) is 0. The normalized spacial score (nSPS) is 23.8. The van der Waals surface area contributed by atoms with E-state index in [1.807, 2.05) is 0 Å². The number of hydrogen-bond donors (Lipinski definition) is 1. The van der Waals surface area contributed by atoms with Gasteiger partial charge in [-0.05, 0) is 19.3 Å². The smallest absolute Gasteiger partial charge is 0.112 e. The average molecular weight is 176 g/mol. The molecular weight excluding hydrogens is 158 g/mol. The predicted octanol–water partition coefficient (Wildman–Crippen LogP) is 1.87. The fourth-order valence-electron chi connectivity index (χ4n) is 2.13. The molecule has 0 saturated carbocycles. The van der Waals surface area contributed by atoms with E-state index in [9.17, 15) is 0 Å². The van der Waals surface area contributed by atoms with Gasteiger partial charge in [0.15, 0.2) is 0 Å². The van der Waals surface area contributed by atoms with Crippen LogP contribution in [0.2, 0.25) is 0 Å². The molecule has 0 unspecified atom stereocenters. The van der Waals surface area contributed by atoms with Crippen LogP contribution in [0.3, 0.4) is 0 Å². The van der Waals surface area contributed by atoms with Gasteiger partial charge >= 0.3 is 0 Å². The molecule has 1 aromatic carbocycles. The van der Waals surface area contributed by atoms with Crippen LogP contribution in [-0.2, 0) is 0 Å². The second-order valence-electron chi connectivity index (χ2n) is 3.89. The Morgan fingerprint density at radius 3 is 2.69 bits per heavy atom. The molecule has 1 aromatic rings. The molecule has 13 heavy (non-hydrogen) atoms. The van der Waals surface area contributed by atoms with Crippen molar-refractivity contribution in [2.24, 2.45) is 0 Å². The van der Waals surface area contributed by atoms with Gasteiger partial charge in [0.25, 0.3) is 0 Å². The summed E-state index contributed by atoms with van der Waals surface area (Å²) in [6.45, 7) is 1.31. The van der Waals surface area contributed by atoms with Crippen LogP contribution in [0, 0.1) is 0 Å². The van der Waals surface area contributed by atoms with Crippen molar-refractivity contribution in [3.63, 3.8) is 0 Å². The largest absolute Gasteiger partial charge is 0.340 e. The van der Waals surface area contributed by atoms with E-state index >= 15 is 0 Å². The van der Waals surface area contributed by atoms with Gasteiger partial charge in [-0.2, -0.15) is 0 Å². The van der Waals surface area contributed by atoms with Crippen LogP contribution in [0.1, 0.15) is 37.3 Å². The molecule has 1 nitrogen and oxygen atoms in total. The van der Waals surface area contributed by atoms with Crippen LogP contribution < -0.4 is 5.32 Å². The highest BCUT2D eigenvalue weighted by Crippen LogP contribution is 2.17. The standard InChI is InChI=1S/C12H17N/c1-3-7-11(8-4-1)12-9-5-2-6-10-13-12/h1,3-4,7-8,12-13H,2,5-6,9-10H2/p+1/t12-/m1/s1. The Labute approximate surface area is 80.2 Å². The van der Waals surface area contributed by atoms with Crippen LogP contribution in [-0.4, -0.2) is 6.54 Å². The topological polar surface area (TPSA) is 16.6 Å². The van der Waals surface area contributed by atoms with Crippen molar-refractivity contribution in [2.75, 3.05) is 6.54 Å². The Hall–Kier alpha value is -0.820. The minimum absolute atomic E-state index is 0.726. The third kappa shape index (κ3) is 2.31. The Morgan fingerprint density at radius 1 is 1.00 bits per heavy atom. The van der Waals surface area contributed by atoms with Crippen molar-refractivity contribution in [3.05, 3.63) is 35.9 Å². The maximum atomic E-state index is 2.50. The van der Waals surface area contributed by atoms with E-state index < -0.39 is 0 Å². The van der Waals surface area contributed by atoms with Crippen LogP contribution in [0.15, 0.2) is 30.3 Å². The first-order chi connectivity index (χ1) is 6.47. The fourth-order valence-corrected chi connectivity index (χ4v) is 2.13. The summed E-state index contributed by atoms with van der Waals surface area (Å²) in [5, 5.41) is 2.50. The van der Waals surface area contributed by atoms with Gasteiger partial charge in [0.2, 0.25) is 0 Å². The zero-order chi connectivity index (χ0) is 8.93. The second kappa shape index (κ2) is 4.43. The Morgan fingerprint density at radius 2 is 1.85 bits per heavy atom. The van der Waals surface area contributed by atoms with Gasteiger partial charge in [-0.15, -0.1) is 0 Å². The first kappa shape index (κ1) is 8.76. The molecule has 0 aromatic heterocycles. The maximum Gasteiger partial charge on any atom is 0.112 e. The number of nitrogens with two attached hydrogens (primary N) is 1. The second-order valence-corrected chi connectivity index (χ2v) is 3.89. The predicted molar refractivity (Wildman–Crippen MR) is 54.4 cm³/mol. The molecule has 0 amide bonds. The van der Waals surface area contributed by atoms with Crippen LogP contribution in [0.25, 0.3) is 0 Å². The number of hydrogen-bond acceptors (Lipinski definition) is 0. The van der Waals surface area contributed by atoms with Crippen molar-refractivity contribution >= 4 is 0 Å². The number of rotatable bonds is 1. The highest BCUT2D eigenvalue weighted by atomic mass is 14.9. The Kier molecular flexibility index (Phi) is 2.98. The molecule has 2 N–H and O–H groups in total. The summed E-state index contributed by atoms with van der Waals surface area (Å²) in [5.74, 6) is 0. The highest BCUT2D eigenvalue weighted by Gasteiger charge is 2.15. The van der Waals surface area contributed by atoms with Crippen LogP contribution in [0.4, 0.5) is 0 Å². The zero-order valence-corrected chi connectivity index (χ0v) is 8.08. The first-order valence-electron chi connectivity index (χ1n) is 5.35. The molecule has 1 aliphatic rings. The molecule has 70 valence electrons. The third-order valence-electron chi connectivity index (χ3n) is 2.90. The summed E-state index contributed by atoms with van der Waals surface area (Å²) >= 11 is 0. The Bertz CT molecular complexity index is 235. The lowest BCUT2D eigenvalue weighted by Gasteiger charge is -2.12. The monoisotopic (exact) mass is 176 g/mol. The van der Waals surface area contributed by atoms with E-state index in [-0.39, 0.29) is 0 Å². The van der Waals surface area contributed by atoms with Crippen LogP contribution in [0.5, 0.6) is 0 Å². The van der Waals surface area contributed by atoms with Gasteiger partial charge in [-0.1, -0.05) is 30.3 Å². The summed E-state index contributed by atoms with van der Waals surface area (Å²) in [7, 11) is 0. The summed E-state index contributed by atoms with van der Waals surface area (Å²) < 4.78 is 0. The summed E-state index contributed by atoms with van der Waals surface area (Å²) in [6, 6.07) is 11.6. The van der Waals surface area contributed by atoms with E-state index in [0.717, 1.165) is 6.04 Å². The van der Waals surface area contributed by atoms with E-state index in [0.29, 0.717) is 0 Å². The lowest BCUT2D eigenvalue weighted by Crippen LogP contribution is -2.84. The lowest BCUT2D eigenvalue weighted by atomic mass is 10.0. The molecule has 2 rings (SSSR count). The minimum atomic E-state index is 0.726. The molecular formula is C12H18N+. The Balaban J connectivity index is 2.06. The van der Waals surface area contributed by atoms with Crippen molar-refractivity contribution in [2.45, 2.75) is 31.7 Å². The molecule has 1 fully saturated rings. The fraction of sp³-hybridized carbons (Fsp3) is 0.500. The van der Waals surface area contributed by atoms with Crippen LogP contribution >= 0.6 is 0 Å². The number of benzene rings is 1. The molecule has 1 heteroatoms. The van der Waals surface area contributed by atoms with Crippen molar-refractivity contribution in [1.29, 1.82) is 0 Å². The average Bonchev–Trinajstić information content (AvgIpc) is 2.47. The van der Waals surface area contributed by atoms with Gasteiger partial charge < -0.3 is 5.32 Å². The molecule has 1 saturated heterocycles. The van der Waals surface area contributed by atoms with Crippen molar-refractivity contribution < 1.29 is 5.32 Å². The highest BCUT2D eigenvalue weighted by molar-refractivity contribution is 5.16. The maximum absolute atomic E-state index is 2.50. The first-order valence-corrected chi connectivity index (χ1v) is 5.35.